The van der Waals surface area contributed by atoms with Gasteiger partial charge in [0.15, 0.2) is 0 Å². The summed E-state index contributed by atoms with van der Waals surface area (Å²) < 4.78 is 0. The van der Waals surface area contributed by atoms with Gasteiger partial charge in [-0.3, -0.25) is 10.2 Å². The number of rotatable bonds is 6. The van der Waals surface area contributed by atoms with Crippen molar-refractivity contribution in [3.63, 3.8) is 0 Å². The fourth-order valence-electron chi connectivity index (χ4n) is 3.17. The topological polar surface area (TPSA) is 56.4 Å². The van der Waals surface area contributed by atoms with Crippen LogP contribution >= 0.6 is 0 Å². The first kappa shape index (κ1) is 17.6. The van der Waals surface area contributed by atoms with Crippen LogP contribution in [-0.4, -0.2) is 31.4 Å². The molecule has 2 atom stereocenters. The number of amides is 1. The maximum absolute atomic E-state index is 12.6. The van der Waals surface area contributed by atoms with E-state index in [0.717, 1.165) is 17.7 Å². The molecule has 2 aromatic rings. The van der Waals surface area contributed by atoms with Crippen molar-refractivity contribution in [2.24, 2.45) is 5.92 Å². The standard InChI is InChI=1S/C20H26N4O/c1-24(2)14-16-10-8-15(9-11-16)12-21-20(25)18-13-22-23-19(18)17-6-4-3-5-7-17/h3-11,18-19,22-23H,12-14H2,1-2H3,(H,21,25). The normalized spacial score (nSPS) is 20.0. The highest BCUT2D eigenvalue weighted by Crippen LogP contribution is 2.24. The minimum Gasteiger partial charge on any atom is -0.352 e. The predicted molar refractivity (Wildman–Crippen MR) is 99.5 cm³/mol. The largest absolute Gasteiger partial charge is 0.352 e. The molecule has 2 unspecified atom stereocenters. The molecule has 2 aromatic carbocycles. The summed E-state index contributed by atoms with van der Waals surface area (Å²) in [6.07, 6.45) is 0. The Balaban J connectivity index is 1.57. The van der Waals surface area contributed by atoms with Crippen LogP contribution in [0.25, 0.3) is 0 Å². The lowest BCUT2D eigenvalue weighted by atomic mass is 9.94. The molecule has 1 saturated heterocycles. The van der Waals surface area contributed by atoms with Crippen LogP contribution < -0.4 is 16.2 Å². The van der Waals surface area contributed by atoms with Gasteiger partial charge in [0, 0.05) is 19.6 Å². The SMILES string of the molecule is CN(C)Cc1ccc(CNC(=O)C2CNNC2c2ccccc2)cc1. The highest BCUT2D eigenvalue weighted by molar-refractivity contribution is 5.80. The van der Waals surface area contributed by atoms with Crippen molar-refractivity contribution in [1.82, 2.24) is 21.1 Å². The molecule has 0 radical (unpaired) electrons. The minimum absolute atomic E-state index is 0.00340. The van der Waals surface area contributed by atoms with Crippen LogP contribution in [0.15, 0.2) is 54.6 Å². The summed E-state index contributed by atoms with van der Waals surface area (Å²) in [5.41, 5.74) is 9.84. The first-order chi connectivity index (χ1) is 12.1. The summed E-state index contributed by atoms with van der Waals surface area (Å²) in [5, 5.41) is 3.07. The van der Waals surface area contributed by atoms with Crippen molar-refractivity contribution in [3.05, 3.63) is 71.3 Å². The Hall–Kier alpha value is -2.21. The zero-order valence-electron chi connectivity index (χ0n) is 14.8. The van der Waals surface area contributed by atoms with Crippen LogP contribution in [0.5, 0.6) is 0 Å². The van der Waals surface area contributed by atoms with Gasteiger partial charge in [-0.2, -0.15) is 0 Å². The highest BCUT2D eigenvalue weighted by Gasteiger charge is 2.33. The van der Waals surface area contributed by atoms with Crippen LogP contribution in [0.1, 0.15) is 22.7 Å². The van der Waals surface area contributed by atoms with Crippen LogP contribution in [0.4, 0.5) is 0 Å². The maximum atomic E-state index is 12.6. The number of hydrazine groups is 1. The lowest BCUT2D eigenvalue weighted by Crippen LogP contribution is -2.34. The molecular formula is C20H26N4O. The summed E-state index contributed by atoms with van der Waals surface area (Å²) in [7, 11) is 4.11. The Morgan fingerprint density at radius 1 is 1.08 bits per heavy atom. The molecule has 1 fully saturated rings. The molecule has 25 heavy (non-hydrogen) atoms. The van der Waals surface area contributed by atoms with Gasteiger partial charge < -0.3 is 10.2 Å². The van der Waals surface area contributed by atoms with Gasteiger partial charge in [-0.15, -0.1) is 0 Å². The summed E-state index contributed by atoms with van der Waals surface area (Å²) in [5.74, 6) is -0.0425. The Morgan fingerprint density at radius 2 is 1.76 bits per heavy atom. The van der Waals surface area contributed by atoms with E-state index in [0.29, 0.717) is 13.1 Å². The van der Waals surface area contributed by atoms with E-state index in [1.807, 2.05) is 18.2 Å². The summed E-state index contributed by atoms with van der Waals surface area (Å²) in [4.78, 5) is 14.8. The molecule has 0 spiro atoms. The second-order valence-corrected chi connectivity index (χ2v) is 6.79. The van der Waals surface area contributed by atoms with Crippen molar-refractivity contribution < 1.29 is 4.79 Å². The molecule has 5 nitrogen and oxygen atoms in total. The molecule has 5 heteroatoms. The number of hydrogen-bond donors (Lipinski definition) is 3. The third-order valence-corrected chi connectivity index (χ3v) is 4.47. The molecule has 132 valence electrons. The van der Waals surface area contributed by atoms with Gasteiger partial charge in [0.25, 0.3) is 0 Å². The van der Waals surface area contributed by atoms with E-state index in [-0.39, 0.29) is 17.9 Å². The monoisotopic (exact) mass is 338 g/mol. The van der Waals surface area contributed by atoms with E-state index in [2.05, 4.69) is 71.6 Å². The summed E-state index contributed by atoms with van der Waals surface area (Å²) in [6, 6.07) is 18.5. The molecule has 0 aliphatic carbocycles. The fourth-order valence-corrected chi connectivity index (χ4v) is 3.17. The van der Waals surface area contributed by atoms with Crippen LogP contribution in [0.3, 0.4) is 0 Å². The van der Waals surface area contributed by atoms with Crippen LogP contribution in [0, 0.1) is 5.92 Å². The molecule has 1 aliphatic rings. The number of benzene rings is 2. The zero-order valence-corrected chi connectivity index (χ0v) is 14.8. The first-order valence-electron chi connectivity index (χ1n) is 8.67. The molecule has 0 aromatic heterocycles. The third-order valence-electron chi connectivity index (χ3n) is 4.47. The molecule has 0 saturated carbocycles. The molecule has 1 amide bonds. The van der Waals surface area contributed by atoms with Gasteiger partial charge in [-0.25, -0.2) is 5.43 Å². The highest BCUT2D eigenvalue weighted by atomic mass is 16.2. The number of carbonyl (C=O) groups excluding carboxylic acids is 1. The minimum atomic E-state index is -0.115. The molecule has 1 heterocycles. The van der Waals surface area contributed by atoms with Crippen molar-refractivity contribution >= 4 is 5.91 Å². The Labute approximate surface area is 149 Å². The number of nitrogens with one attached hydrogen (secondary N) is 3. The van der Waals surface area contributed by atoms with E-state index < -0.39 is 0 Å². The van der Waals surface area contributed by atoms with E-state index >= 15 is 0 Å². The van der Waals surface area contributed by atoms with Gasteiger partial charge in [0.05, 0.1) is 12.0 Å². The Kier molecular flexibility index (Phi) is 5.81. The number of hydrogen-bond acceptors (Lipinski definition) is 4. The number of nitrogens with zero attached hydrogens (tertiary/aromatic N) is 1. The van der Waals surface area contributed by atoms with E-state index in [1.54, 1.807) is 0 Å². The molecule has 3 rings (SSSR count). The second-order valence-electron chi connectivity index (χ2n) is 6.79. The molecule has 1 aliphatic heterocycles. The van der Waals surface area contributed by atoms with Gasteiger partial charge in [-0.1, -0.05) is 54.6 Å². The van der Waals surface area contributed by atoms with Crippen LogP contribution in [0.2, 0.25) is 0 Å². The number of carbonyl (C=O) groups is 1. The predicted octanol–water partition coefficient (Wildman–Crippen LogP) is 1.83. The third kappa shape index (κ3) is 4.66. The summed E-state index contributed by atoms with van der Waals surface area (Å²) in [6.45, 7) is 2.11. The zero-order chi connectivity index (χ0) is 17.6. The first-order valence-corrected chi connectivity index (χ1v) is 8.67. The second kappa shape index (κ2) is 8.25. The van der Waals surface area contributed by atoms with E-state index in [4.69, 9.17) is 0 Å². The van der Waals surface area contributed by atoms with Crippen LogP contribution in [-0.2, 0) is 17.9 Å². The van der Waals surface area contributed by atoms with E-state index in [1.165, 1.54) is 5.56 Å². The lowest BCUT2D eigenvalue weighted by Gasteiger charge is -2.18. The maximum Gasteiger partial charge on any atom is 0.226 e. The molecule has 3 N–H and O–H groups in total. The van der Waals surface area contributed by atoms with Gasteiger partial charge in [0.1, 0.15) is 0 Å². The molecular weight excluding hydrogens is 312 g/mol. The van der Waals surface area contributed by atoms with Crippen molar-refractivity contribution in [3.8, 4) is 0 Å². The van der Waals surface area contributed by atoms with Crippen molar-refractivity contribution in [2.75, 3.05) is 20.6 Å². The van der Waals surface area contributed by atoms with E-state index in [9.17, 15) is 4.79 Å². The molecule has 0 bridgehead atoms. The average molecular weight is 338 g/mol. The smallest absolute Gasteiger partial charge is 0.226 e. The van der Waals surface area contributed by atoms with Gasteiger partial charge in [0.2, 0.25) is 5.91 Å². The Bertz CT molecular complexity index is 685. The lowest BCUT2D eigenvalue weighted by molar-refractivity contribution is -0.125. The average Bonchev–Trinajstić information content (AvgIpc) is 3.11. The van der Waals surface area contributed by atoms with Crippen molar-refractivity contribution in [2.45, 2.75) is 19.1 Å². The Morgan fingerprint density at radius 3 is 2.44 bits per heavy atom. The summed E-state index contributed by atoms with van der Waals surface area (Å²) >= 11 is 0. The van der Waals surface area contributed by atoms with Crippen molar-refractivity contribution in [1.29, 1.82) is 0 Å². The quantitative estimate of drug-likeness (QED) is 0.752. The fraction of sp³-hybridized carbons (Fsp3) is 0.350. The van der Waals surface area contributed by atoms with Gasteiger partial charge >= 0.3 is 0 Å². The van der Waals surface area contributed by atoms with Gasteiger partial charge in [-0.05, 0) is 30.8 Å².